The molecular formula is C20H18F4N4O3. The molecule has 164 valence electrons. The molecule has 7 nitrogen and oxygen atoms in total. The fraction of sp³-hybridized carbons (Fsp3) is 0.250. The van der Waals surface area contributed by atoms with Crippen molar-refractivity contribution in [3.8, 4) is 17.2 Å². The minimum absolute atomic E-state index is 0.0896. The number of ether oxygens (including phenoxy) is 2. The first kappa shape index (κ1) is 22.1. The van der Waals surface area contributed by atoms with Gasteiger partial charge in [-0.05, 0) is 48.9 Å². The van der Waals surface area contributed by atoms with Crippen LogP contribution in [0.4, 0.5) is 17.6 Å². The molecule has 0 bridgehead atoms. The van der Waals surface area contributed by atoms with E-state index in [4.69, 9.17) is 9.47 Å². The zero-order chi connectivity index (χ0) is 22.8. The number of amides is 1. The number of hydrogen-bond acceptors (Lipinski definition) is 5. The van der Waals surface area contributed by atoms with Gasteiger partial charge in [0.1, 0.15) is 5.82 Å². The maximum Gasteiger partial charge on any atom is 0.435 e. The molecule has 1 heterocycles. The average molecular weight is 438 g/mol. The van der Waals surface area contributed by atoms with Crippen molar-refractivity contribution in [2.24, 2.45) is 0 Å². The van der Waals surface area contributed by atoms with Gasteiger partial charge in [0, 0.05) is 0 Å². The summed E-state index contributed by atoms with van der Waals surface area (Å²) in [4.78, 5) is 12.6. The second-order valence-electron chi connectivity index (χ2n) is 6.48. The number of aromatic nitrogens is 3. The van der Waals surface area contributed by atoms with Gasteiger partial charge < -0.3 is 14.8 Å². The van der Waals surface area contributed by atoms with Crippen molar-refractivity contribution in [1.29, 1.82) is 0 Å². The Labute approximate surface area is 174 Å². The summed E-state index contributed by atoms with van der Waals surface area (Å²) in [6.07, 6.45) is -4.93. The van der Waals surface area contributed by atoms with Crippen LogP contribution in [0.2, 0.25) is 0 Å². The van der Waals surface area contributed by atoms with E-state index in [1.54, 1.807) is 25.1 Å². The third-order valence-electron chi connectivity index (χ3n) is 4.48. The number of nitrogens with one attached hydrogen (secondary N) is 1. The standard InChI is InChI=1S/C20H18F4N4O3/c1-11(12-4-9-15(30-2)16(10-12)31-3)25-19(29)17-18(20(22,23)24)28(27-26-17)14-7-5-13(21)6-8-14/h4-11H,1-3H3,(H,25,29). The summed E-state index contributed by atoms with van der Waals surface area (Å²) in [5.41, 5.74) is -1.78. The van der Waals surface area contributed by atoms with E-state index >= 15 is 0 Å². The van der Waals surface area contributed by atoms with Crippen LogP contribution in [0.3, 0.4) is 0 Å². The van der Waals surface area contributed by atoms with Gasteiger partial charge in [0.25, 0.3) is 5.91 Å². The number of carbonyl (C=O) groups excluding carboxylic acids is 1. The van der Waals surface area contributed by atoms with E-state index in [0.717, 1.165) is 24.3 Å². The van der Waals surface area contributed by atoms with Gasteiger partial charge in [0.15, 0.2) is 22.9 Å². The normalized spacial score (nSPS) is 12.4. The molecule has 0 spiro atoms. The Balaban J connectivity index is 1.92. The fourth-order valence-electron chi connectivity index (χ4n) is 2.92. The Bertz CT molecular complexity index is 1080. The van der Waals surface area contributed by atoms with Crippen LogP contribution in [0.25, 0.3) is 5.69 Å². The molecule has 3 aromatic rings. The highest BCUT2D eigenvalue weighted by molar-refractivity contribution is 5.93. The van der Waals surface area contributed by atoms with Gasteiger partial charge >= 0.3 is 6.18 Å². The molecular weight excluding hydrogens is 420 g/mol. The number of benzene rings is 2. The minimum Gasteiger partial charge on any atom is -0.493 e. The van der Waals surface area contributed by atoms with E-state index in [1.807, 2.05) is 0 Å². The molecule has 0 saturated carbocycles. The van der Waals surface area contributed by atoms with E-state index < -0.39 is 35.3 Å². The van der Waals surface area contributed by atoms with Gasteiger partial charge in [0.05, 0.1) is 25.9 Å². The van der Waals surface area contributed by atoms with Gasteiger partial charge in [-0.15, -0.1) is 5.10 Å². The van der Waals surface area contributed by atoms with Crippen molar-refractivity contribution in [2.75, 3.05) is 14.2 Å². The van der Waals surface area contributed by atoms with Crippen LogP contribution < -0.4 is 14.8 Å². The number of hydrogen-bond donors (Lipinski definition) is 1. The van der Waals surface area contributed by atoms with Crippen molar-refractivity contribution < 1.29 is 31.8 Å². The number of nitrogens with zero attached hydrogens (tertiary/aromatic N) is 3. The lowest BCUT2D eigenvalue weighted by atomic mass is 10.1. The largest absolute Gasteiger partial charge is 0.493 e. The summed E-state index contributed by atoms with van der Waals surface area (Å²) < 4.78 is 65.1. The molecule has 0 aliphatic rings. The predicted octanol–water partition coefficient (Wildman–Crippen LogP) is 3.93. The van der Waals surface area contributed by atoms with Gasteiger partial charge in [-0.25, -0.2) is 9.07 Å². The van der Waals surface area contributed by atoms with Crippen LogP contribution in [0, 0.1) is 5.82 Å². The van der Waals surface area contributed by atoms with Crippen molar-refractivity contribution in [3.05, 3.63) is 65.2 Å². The summed E-state index contributed by atoms with van der Waals surface area (Å²) in [5, 5.41) is 9.37. The van der Waals surface area contributed by atoms with Crippen molar-refractivity contribution in [1.82, 2.24) is 20.3 Å². The first-order valence-corrected chi connectivity index (χ1v) is 8.97. The van der Waals surface area contributed by atoms with Crippen LogP contribution in [0.5, 0.6) is 11.5 Å². The Hall–Kier alpha value is -3.63. The quantitative estimate of drug-likeness (QED) is 0.590. The lowest BCUT2D eigenvalue weighted by molar-refractivity contribution is -0.143. The van der Waals surface area contributed by atoms with E-state index in [2.05, 4.69) is 15.6 Å². The zero-order valence-corrected chi connectivity index (χ0v) is 16.7. The smallest absolute Gasteiger partial charge is 0.435 e. The summed E-state index contributed by atoms with van der Waals surface area (Å²) in [5.74, 6) is -0.826. The second-order valence-corrected chi connectivity index (χ2v) is 6.48. The maximum absolute atomic E-state index is 13.7. The van der Waals surface area contributed by atoms with Crippen LogP contribution >= 0.6 is 0 Å². The van der Waals surface area contributed by atoms with Crippen molar-refractivity contribution in [3.63, 3.8) is 0 Å². The van der Waals surface area contributed by atoms with Crippen LogP contribution in [0.15, 0.2) is 42.5 Å². The van der Waals surface area contributed by atoms with Crippen LogP contribution in [0.1, 0.15) is 34.7 Å². The monoisotopic (exact) mass is 438 g/mol. The molecule has 0 radical (unpaired) electrons. The molecule has 0 aliphatic carbocycles. The lowest BCUT2D eigenvalue weighted by Crippen LogP contribution is -2.29. The molecule has 0 aliphatic heterocycles. The first-order chi connectivity index (χ1) is 14.7. The van der Waals surface area contributed by atoms with E-state index in [9.17, 15) is 22.4 Å². The molecule has 0 fully saturated rings. The number of methoxy groups -OCH3 is 2. The minimum atomic E-state index is -4.93. The summed E-state index contributed by atoms with van der Waals surface area (Å²) >= 11 is 0. The number of halogens is 4. The van der Waals surface area contributed by atoms with Gasteiger partial charge in [-0.3, -0.25) is 4.79 Å². The topological polar surface area (TPSA) is 78.3 Å². The molecule has 0 saturated heterocycles. The Morgan fingerprint density at radius 3 is 2.29 bits per heavy atom. The molecule has 11 heteroatoms. The molecule has 1 N–H and O–H groups in total. The van der Waals surface area contributed by atoms with Crippen LogP contribution in [-0.4, -0.2) is 35.1 Å². The average Bonchev–Trinajstić information content (AvgIpc) is 3.19. The third kappa shape index (κ3) is 4.60. The molecule has 1 aromatic heterocycles. The van der Waals surface area contributed by atoms with Crippen molar-refractivity contribution in [2.45, 2.75) is 19.1 Å². The molecule has 3 rings (SSSR count). The number of alkyl halides is 3. The molecule has 31 heavy (non-hydrogen) atoms. The van der Waals surface area contributed by atoms with Gasteiger partial charge in [-0.1, -0.05) is 11.3 Å². The Kier molecular flexibility index (Phi) is 6.14. The molecule has 1 unspecified atom stereocenters. The highest BCUT2D eigenvalue weighted by Gasteiger charge is 2.42. The highest BCUT2D eigenvalue weighted by Crippen LogP contribution is 2.33. The first-order valence-electron chi connectivity index (χ1n) is 8.97. The highest BCUT2D eigenvalue weighted by atomic mass is 19.4. The van der Waals surface area contributed by atoms with Gasteiger partial charge in [-0.2, -0.15) is 13.2 Å². The SMILES string of the molecule is COc1ccc(C(C)NC(=O)c2nnn(-c3ccc(F)cc3)c2C(F)(F)F)cc1OC. The number of rotatable bonds is 6. The Morgan fingerprint density at radius 1 is 1.06 bits per heavy atom. The zero-order valence-electron chi connectivity index (χ0n) is 16.7. The molecule has 2 aromatic carbocycles. The van der Waals surface area contributed by atoms with E-state index in [1.165, 1.54) is 14.2 Å². The third-order valence-corrected chi connectivity index (χ3v) is 4.48. The lowest BCUT2D eigenvalue weighted by Gasteiger charge is -2.17. The predicted molar refractivity (Wildman–Crippen MR) is 102 cm³/mol. The summed E-state index contributed by atoms with van der Waals surface area (Å²) in [6, 6.07) is 8.36. The Morgan fingerprint density at radius 2 is 1.71 bits per heavy atom. The van der Waals surface area contributed by atoms with Gasteiger partial charge in [0.2, 0.25) is 0 Å². The maximum atomic E-state index is 13.7. The van der Waals surface area contributed by atoms with E-state index in [0.29, 0.717) is 21.7 Å². The molecule has 1 amide bonds. The number of carbonyl (C=O) groups is 1. The summed E-state index contributed by atoms with van der Waals surface area (Å²) in [7, 11) is 2.90. The van der Waals surface area contributed by atoms with Crippen molar-refractivity contribution >= 4 is 5.91 Å². The summed E-state index contributed by atoms with van der Waals surface area (Å²) in [6.45, 7) is 1.59. The van der Waals surface area contributed by atoms with Crippen LogP contribution in [-0.2, 0) is 6.18 Å². The van der Waals surface area contributed by atoms with E-state index in [-0.39, 0.29) is 5.69 Å². The fourth-order valence-corrected chi connectivity index (χ4v) is 2.92. The molecule has 1 atom stereocenters. The second kappa shape index (κ2) is 8.62.